The van der Waals surface area contributed by atoms with Crippen molar-refractivity contribution in [1.82, 2.24) is 0 Å². The molecule has 0 aliphatic heterocycles. The largest absolute Gasteiger partial charge is 0.397 e. The normalized spacial score (nSPS) is 9.92. The topological polar surface area (TPSA) is 38.0 Å². The standard InChI is InChI=1S/C10H16N2S/c1-13-8-4-7-12-10-6-3-2-5-9(10)11/h2-3,5-6,12H,4,7-8,11H2,1H3. The Balaban J connectivity index is 2.32. The maximum atomic E-state index is 5.77. The molecular formula is C10H16N2S. The molecular weight excluding hydrogens is 180 g/mol. The van der Waals surface area contributed by atoms with Gasteiger partial charge in [-0.3, -0.25) is 0 Å². The summed E-state index contributed by atoms with van der Waals surface area (Å²) in [6.07, 6.45) is 3.30. The van der Waals surface area contributed by atoms with Crippen molar-refractivity contribution in [1.29, 1.82) is 0 Å². The molecule has 1 aromatic carbocycles. The fourth-order valence-corrected chi connectivity index (χ4v) is 1.53. The van der Waals surface area contributed by atoms with Crippen LogP contribution in [0.1, 0.15) is 6.42 Å². The molecule has 0 radical (unpaired) electrons. The number of para-hydroxylation sites is 2. The maximum Gasteiger partial charge on any atom is 0.0573 e. The van der Waals surface area contributed by atoms with Crippen LogP contribution in [0.25, 0.3) is 0 Å². The van der Waals surface area contributed by atoms with Crippen LogP contribution in [0.3, 0.4) is 0 Å². The highest BCUT2D eigenvalue weighted by atomic mass is 32.2. The van der Waals surface area contributed by atoms with Crippen LogP contribution in [-0.4, -0.2) is 18.6 Å². The number of rotatable bonds is 5. The Hall–Kier alpha value is -0.830. The third-order valence-corrected chi connectivity index (χ3v) is 2.50. The first-order valence-corrected chi connectivity index (χ1v) is 5.81. The van der Waals surface area contributed by atoms with Gasteiger partial charge in [0.15, 0.2) is 0 Å². The first kappa shape index (κ1) is 10.3. The third kappa shape index (κ3) is 3.59. The number of hydrogen-bond donors (Lipinski definition) is 2. The lowest BCUT2D eigenvalue weighted by atomic mass is 10.2. The highest BCUT2D eigenvalue weighted by molar-refractivity contribution is 7.98. The molecule has 0 unspecified atom stereocenters. The smallest absolute Gasteiger partial charge is 0.0573 e. The second-order valence-corrected chi connectivity index (χ2v) is 3.85. The lowest BCUT2D eigenvalue weighted by Crippen LogP contribution is -2.04. The van der Waals surface area contributed by atoms with Crippen molar-refractivity contribution in [3.05, 3.63) is 24.3 Å². The molecule has 3 N–H and O–H groups in total. The minimum Gasteiger partial charge on any atom is -0.397 e. The monoisotopic (exact) mass is 196 g/mol. The van der Waals surface area contributed by atoms with Gasteiger partial charge in [0, 0.05) is 6.54 Å². The zero-order chi connectivity index (χ0) is 9.52. The van der Waals surface area contributed by atoms with Crippen LogP contribution in [0.15, 0.2) is 24.3 Å². The number of nitrogens with two attached hydrogens (primary N) is 1. The number of nitrogen functional groups attached to an aromatic ring is 1. The Morgan fingerprint density at radius 1 is 1.38 bits per heavy atom. The summed E-state index contributed by atoms with van der Waals surface area (Å²) in [7, 11) is 0. The summed E-state index contributed by atoms with van der Waals surface area (Å²) in [5.74, 6) is 1.19. The molecule has 72 valence electrons. The zero-order valence-electron chi connectivity index (χ0n) is 7.92. The van der Waals surface area contributed by atoms with Gasteiger partial charge in [0.1, 0.15) is 0 Å². The summed E-state index contributed by atoms with van der Waals surface area (Å²) in [6.45, 7) is 0.995. The molecule has 1 rings (SSSR count). The lowest BCUT2D eigenvalue weighted by Gasteiger charge is -2.07. The van der Waals surface area contributed by atoms with Gasteiger partial charge in [0.05, 0.1) is 11.4 Å². The predicted octanol–water partition coefficient (Wildman–Crippen LogP) is 2.43. The van der Waals surface area contributed by atoms with Crippen molar-refractivity contribution in [2.24, 2.45) is 0 Å². The Morgan fingerprint density at radius 3 is 2.85 bits per heavy atom. The van der Waals surface area contributed by atoms with Crippen molar-refractivity contribution in [2.45, 2.75) is 6.42 Å². The minimum atomic E-state index is 0.826. The summed E-state index contributed by atoms with van der Waals surface area (Å²) < 4.78 is 0. The van der Waals surface area contributed by atoms with Crippen LogP contribution in [0.2, 0.25) is 0 Å². The molecule has 0 aliphatic carbocycles. The van der Waals surface area contributed by atoms with Gasteiger partial charge >= 0.3 is 0 Å². The molecule has 0 bridgehead atoms. The van der Waals surface area contributed by atoms with Gasteiger partial charge in [-0.1, -0.05) is 12.1 Å². The first-order chi connectivity index (χ1) is 6.34. The van der Waals surface area contributed by atoms with Crippen molar-refractivity contribution in [3.8, 4) is 0 Å². The van der Waals surface area contributed by atoms with E-state index in [0.717, 1.165) is 17.9 Å². The molecule has 1 aromatic rings. The second kappa shape index (κ2) is 5.75. The van der Waals surface area contributed by atoms with Gasteiger partial charge in [0.2, 0.25) is 0 Å². The van der Waals surface area contributed by atoms with E-state index in [9.17, 15) is 0 Å². The molecule has 0 fully saturated rings. The van der Waals surface area contributed by atoms with Crippen molar-refractivity contribution in [3.63, 3.8) is 0 Å². The predicted molar refractivity (Wildman–Crippen MR) is 62.3 cm³/mol. The van der Waals surface area contributed by atoms with Gasteiger partial charge in [-0.05, 0) is 30.6 Å². The van der Waals surface area contributed by atoms with E-state index in [2.05, 4.69) is 11.6 Å². The van der Waals surface area contributed by atoms with E-state index in [1.165, 1.54) is 12.2 Å². The second-order valence-electron chi connectivity index (χ2n) is 2.86. The van der Waals surface area contributed by atoms with Crippen LogP contribution in [-0.2, 0) is 0 Å². The van der Waals surface area contributed by atoms with E-state index in [0.29, 0.717) is 0 Å². The van der Waals surface area contributed by atoms with Gasteiger partial charge in [-0.2, -0.15) is 11.8 Å². The molecule has 0 aliphatic rings. The Labute approximate surface area is 83.9 Å². The van der Waals surface area contributed by atoms with E-state index in [1.54, 1.807) is 0 Å². The van der Waals surface area contributed by atoms with Crippen LogP contribution in [0.5, 0.6) is 0 Å². The summed E-state index contributed by atoms with van der Waals surface area (Å²) in [4.78, 5) is 0. The summed E-state index contributed by atoms with van der Waals surface area (Å²) in [5, 5.41) is 3.31. The van der Waals surface area contributed by atoms with E-state index in [1.807, 2.05) is 36.0 Å². The molecule has 2 nitrogen and oxygen atoms in total. The average Bonchev–Trinajstić information content (AvgIpc) is 2.15. The highest BCUT2D eigenvalue weighted by Crippen LogP contribution is 2.16. The van der Waals surface area contributed by atoms with Crippen LogP contribution in [0, 0.1) is 0 Å². The number of benzene rings is 1. The Bertz CT molecular complexity index is 250. The highest BCUT2D eigenvalue weighted by Gasteiger charge is 1.94. The number of nitrogens with one attached hydrogen (secondary N) is 1. The van der Waals surface area contributed by atoms with Gasteiger partial charge in [0.25, 0.3) is 0 Å². The summed E-state index contributed by atoms with van der Waals surface area (Å²) >= 11 is 1.87. The van der Waals surface area contributed by atoms with Crippen molar-refractivity contribution < 1.29 is 0 Å². The van der Waals surface area contributed by atoms with E-state index in [4.69, 9.17) is 5.73 Å². The minimum absolute atomic E-state index is 0.826. The fraction of sp³-hybridized carbons (Fsp3) is 0.400. The summed E-state index contributed by atoms with van der Waals surface area (Å²) in [6, 6.07) is 7.86. The molecule has 0 atom stereocenters. The Morgan fingerprint density at radius 2 is 2.15 bits per heavy atom. The maximum absolute atomic E-state index is 5.77. The number of hydrogen-bond acceptors (Lipinski definition) is 3. The molecule has 13 heavy (non-hydrogen) atoms. The third-order valence-electron chi connectivity index (χ3n) is 1.80. The molecule has 0 heterocycles. The van der Waals surface area contributed by atoms with Crippen LogP contribution < -0.4 is 11.1 Å². The van der Waals surface area contributed by atoms with Gasteiger partial charge < -0.3 is 11.1 Å². The van der Waals surface area contributed by atoms with E-state index >= 15 is 0 Å². The molecule has 0 saturated heterocycles. The quantitative estimate of drug-likeness (QED) is 0.561. The average molecular weight is 196 g/mol. The van der Waals surface area contributed by atoms with Gasteiger partial charge in [-0.25, -0.2) is 0 Å². The molecule has 0 spiro atoms. The van der Waals surface area contributed by atoms with Gasteiger partial charge in [-0.15, -0.1) is 0 Å². The van der Waals surface area contributed by atoms with Crippen LogP contribution >= 0.6 is 11.8 Å². The molecule has 3 heteroatoms. The number of thioether (sulfide) groups is 1. The van der Waals surface area contributed by atoms with E-state index in [-0.39, 0.29) is 0 Å². The Kier molecular flexibility index (Phi) is 4.54. The van der Waals surface area contributed by atoms with E-state index < -0.39 is 0 Å². The molecule has 0 saturated carbocycles. The fourth-order valence-electron chi connectivity index (χ4n) is 1.10. The SMILES string of the molecule is CSCCCNc1ccccc1N. The van der Waals surface area contributed by atoms with Crippen molar-refractivity contribution >= 4 is 23.1 Å². The van der Waals surface area contributed by atoms with Crippen LogP contribution in [0.4, 0.5) is 11.4 Å². The first-order valence-electron chi connectivity index (χ1n) is 4.42. The lowest BCUT2D eigenvalue weighted by molar-refractivity contribution is 0.994. The summed E-state index contributed by atoms with van der Waals surface area (Å²) in [5.41, 5.74) is 7.64. The molecule has 0 amide bonds. The number of anilines is 2. The van der Waals surface area contributed by atoms with Crippen molar-refractivity contribution in [2.75, 3.05) is 29.6 Å². The molecule has 0 aromatic heterocycles. The zero-order valence-corrected chi connectivity index (χ0v) is 8.73.